The molecule has 0 atom stereocenters. The smallest absolute Gasteiger partial charge is 0.131 e. The van der Waals surface area contributed by atoms with Gasteiger partial charge in [-0.05, 0) is 32.6 Å². The van der Waals surface area contributed by atoms with E-state index >= 15 is 0 Å². The van der Waals surface area contributed by atoms with Crippen LogP contribution >= 0.6 is 0 Å². The maximum atomic E-state index is 5.05. The molecule has 118 valence electrons. The summed E-state index contributed by atoms with van der Waals surface area (Å²) < 4.78 is 5.05. The molecule has 0 bridgehead atoms. The summed E-state index contributed by atoms with van der Waals surface area (Å²) in [5.41, 5.74) is 3.49. The lowest BCUT2D eigenvalue weighted by atomic mass is 9.82. The first-order valence-electron chi connectivity index (χ1n) is 8.15. The summed E-state index contributed by atoms with van der Waals surface area (Å²) in [6.07, 6.45) is 5.11. The van der Waals surface area contributed by atoms with Crippen molar-refractivity contribution in [1.82, 2.24) is 15.3 Å². The van der Waals surface area contributed by atoms with Crippen molar-refractivity contribution in [2.45, 2.75) is 58.9 Å². The van der Waals surface area contributed by atoms with E-state index in [0.29, 0.717) is 5.92 Å². The largest absolute Gasteiger partial charge is 0.383 e. The van der Waals surface area contributed by atoms with Crippen LogP contribution in [0.1, 0.15) is 61.3 Å². The second kappa shape index (κ2) is 7.85. The Kier molecular flexibility index (Phi) is 6.12. The third-order valence-electron chi connectivity index (χ3n) is 4.60. The van der Waals surface area contributed by atoms with Crippen LogP contribution in [0, 0.1) is 19.8 Å². The monoisotopic (exact) mass is 291 g/mol. The molecule has 4 nitrogen and oxygen atoms in total. The van der Waals surface area contributed by atoms with E-state index in [1.54, 1.807) is 7.11 Å². The number of aryl methyl sites for hydroxylation is 2. The van der Waals surface area contributed by atoms with Crippen LogP contribution in [0.3, 0.4) is 0 Å². The molecule has 1 fully saturated rings. The molecule has 0 radical (unpaired) electrons. The van der Waals surface area contributed by atoms with Gasteiger partial charge in [0.15, 0.2) is 0 Å². The summed E-state index contributed by atoms with van der Waals surface area (Å²) >= 11 is 0. The van der Waals surface area contributed by atoms with Gasteiger partial charge >= 0.3 is 0 Å². The van der Waals surface area contributed by atoms with Gasteiger partial charge in [-0.2, -0.15) is 0 Å². The first kappa shape index (κ1) is 16.4. The van der Waals surface area contributed by atoms with Crippen LogP contribution < -0.4 is 5.32 Å². The molecule has 4 heteroatoms. The Balaban J connectivity index is 2.02. The molecule has 0 spiro atoms. The minimum absolute atomic E-state index is 0.564. The van der Waals surface area contributed by atoms with Gasteiger partial charge in [-0.25, -0.2) is 9.97 Å². The fourth-order valence-electron chi connectivity index (χ4n) is 3.11. The third-order valence-corrected chi connectivity index (χ3v) is 4.60. The van der Waals surface area contributed by atoms with Crippen molar-refractivity contribution in [3.63, 3.8) is 0 Å². The van der Waals surface area contributed by atoms with Crippen molar-refractivity contribution in [2.75, 3.05) is 20.3 Å². The van der Waals surface area contributed by atoms with Crippen molar-refractivity contribution in [3.05, 3.63) is 22.8 Å². The average molecular weight is 291 g/mol. The molecule has 0 aliphatic heterocycles. The third kappa shape index (κ3) is 4.48. The zero-order valence-electron chi connectivity index (χ0n) is 13.9. The molecule has 0 saturated heterocycles. The number of nitrogens with one attached hydrogen (secondary N) is 1. The highest BCUT2D eigenvalue weighted by molar-refractivity contribution is 5.25. The van der Waals surface area contributed by atoms with E-state index in [0.717, 1.165) is 42.8 Å². The van der Waals surface area contributed by atoms with Crippen molar-refractivity contribution in [3.8, 4) is 0 Å². The van der Waals surface area contributed by atoms with E-state index < -0.39 is 0 Å². The Morgan fingerprint density at radius 2 is 1.71 bits per heavy atom. The molecule has 21 heavy (non-hydrogen) atoms. The van der Waals surface area contributed by atoms with E-state index in [-0.39, 0.29) is 0 Å². The van der Waals surface area contributed by atoms with Gasteiger partial charge in [0.05, 0.1) is 6.61 Å². The molecule has 1 aliphatic rings. The maximum absolute atomic E-state index is 5.05. The van der Waals surface area contributed by atoms with E-state index in [2.05, 4.69) is 26.1 Å². The predicted molar refractivity (Wildman–Crippen MR) is 85.5 cm³/mol. The van der Waals surface area contributed by atoms with Gasteiger partial charge in [0.2, 0.25) is 0 Å². The standard InChI is InChI=1S/C17H29N3O/c1-12-5-7-15(8-6-12)17-19-13(2)16(14(3)20-17)11-18-9-10-21-4/h12,15,18H,5-11H2,1-4H3. The summed E-state index contributed by atoms with van der Waals surface area (Å²) in [7, 11) is 1.72. The summed E-state index contributed by atoms with van der Waals surface area (Å²) in [4.78, 5) is 9.60. The van der Waals surface area contributed by atoms with Gasteiger partial charge in [0.1, 0.15) is 5.82 Å². The lowest BCUT2D eigenvalue weighted by molar-refractivity contribution is 0.199. The minimum atomic E-state index is 0.564. The molecule has 1 N–H and O–H groups in total. The van der Waals surface area contributed by atoms with Gasteiger partial charge in [0.25, 0.3) is 0 Å². The maximum Gasteiger partial charge on any atom is 0.131 e. The predicted octanol–water partition coefficient (Wildman–Crippen LogP) is 3.12. The first-order valence-corrected chi connectivity index (χ1v) is 8.15. The SMILES string of the molecule is COCCNCc1c(C)nc(C2CCC(C)CC2)nc1C. The summed E-state index contributed by atoms with van der Waals surface area (Å²) in [6.45, 7) is 8.98. The molecule has 0 amide bonds. The Bertz CT molecular complexity index is 430. The average Bonchev–Trinajstić information content (AvgIpc) is 2.46. The molecule has 1 aliphatic carbocycles. The van der Waals surface area contributed by atoms with Crippen LogP contribution in [0.2, 0.25) is 0 Å². The first-order chi connectivity index (χ1) is 10.1. The van der Waals surface area contributed by atoms with Crippen molar-refractivity contribution < 1.29 is 4.74 Å². The summed E-state index contributed by atoms with van der Waals surface area (Å²) in [6, 6.07) is 0. The Labute approximate surface area is 128 Å². The number of methoxy groups -OCH3 is 1. The number of ether oxygens (including phenoxy) is 1. The minimum Gasteiger partial charge on any atom is -0.383 e. The van der Waals surface area contributed by atoms with Crippen LogP contribution in [0.25, 0.3) is 0 Å². The van der Waals surface area contributed by atoms with E-state index in [1.165, 1.54) is 31.2 Å². The van der Waals surface area contributed by atoms with Gasteiger partial charge in [-0.1, -0.05) is 19.8 Å². The van der Waals surface area contributed by atoms with Crippen LogP contribution in [0.15, 0.2) is 0 Å². The van der Waals surface area contributed by atoms with E-state index in [9.17, 15) is 0 Å². The summed E-state index contributed by atoms with van der Waals surface area (Å²) in [5.74, 6) is 2.50. The van der Waals surface area contributed by atoms with E-state index in [4.69, 9.17) is 14.7 Å². The Hall–Kier alpha value is -1.00. The second-order valence-electron chi connectivity index (χ2n) is 6.36. The zero-order valence-corrected chi connectivity index (χ0v) is 13.9. The Morgan fingerprint density at radius 1 is 1.10 bits per heavy atom. The molecule has 0 aromatic carbocycles. The molecular weight excluding hydrogens is 262 g/mol. The van der Waals surface area contributed by atoms with Gasteiger partial charge in [-0.3, -0.25) is 0 Å². The molecule has 1 aromatic rings. The fraction of sp³-hybridized carbons (Fsp3) is 0.765. The van der Waals surface area contributed by atoms with E-state index in [1.807, 2.05) is 0 Å². The molecule has 1 saturated carbocycles. The van der Waals surface area contributed by atoms with Crippen LogP contribution in [0.5, 0.6) is 0 Å². The Morgan fingerprint density at radius 3 is 2.29 bits per heavy atom. The normalized spacial score (nSPS) is 22.5. The molecular formula is C17H29N3O. The van der Waals surface area contributed by atoms with Crippen LogP contribution in [-0.4, -0.2) is 30.2 Å². The van der Waals surface area contributed by atoms with Crippen LogP contribution in [-0.2, 0) is 11.3 Å². The quantitative estimate of drug-likeness (QED) is 0.818. The summed E-state index contributed by atoms with van der Waals surface area (Å²) in [5, 5.41) is 3.38. The topological polar surface area (TPSA) is 47.0 Å². The van der Waals surface area contributed by atoms with Crippen LogP contribution in [0.4, 0.5) is 0 Å². The molecule has 2 rings (SSSR count). The van der Waals surface area contributed by atoms with Crippen molar-refractivity contribution in [2.24, 2.45) is 5.92 Å². The lowest BCUT2D eigenvalue weighted by Crippen LogP contribution is -2.21. The fourth-order valence-corrected chi connectivity index (χ4v) is 3.11. The number of nitrogens with zero attached hydrogens (tertiary/aromatic N) is 2. The number of aromatic nitrogens is 2. The van der Waals surface area contributed by atoms with Crippen molar-refractivity contribution in [1.29, 1.82) is 0 Å². The number of hydrogen-bond acceptors (Lipinski definition) is 4. The lowest BCUT2D eigenvalue weighted by Gasteiger charge is -2.25. The highest BCUT2D eigenvalue weighted by atomic mass is 16.5. The molecule has 1 heterocycles. The van der Waals surface area contributed by atoms with Crippen molar-refractivity contribution >= 4 is 0 Å². The van der Waals surface area contributed by atoms with Gasteiger partial charge < -0.3 is 10.1 Å². The second-order valence-corrected chi connectivity index (χ2v) is 6.36. The number of rotatable bonds is 6. The zero-order chi connectivity index (χ0) is 15.2. The van der Waals surface area contributed by atoms with Gasteiger partial charge in [0, 0.05) is 43.1 Å². The number of hydrogen-bond donors (Lipinski definition) is 1. The molecule has 1 aromatic heterocycles. The molecule has 0 unspecified atom stereocenters. The highest BCUT2D eigenvalue weighted by Gasteiger charge is 2.23. The van der Waals surface area contributed by atoms with Gasteiger partial charge in [-0.15, -0.1) is 0 Å². The highest BCUT2D eigenvalue weighted by Crippen LogP contribution is 2.34.